The monoisotopic (exact) mass is 251 g/mol. The zero-order valence-electron chi connectivity index (χ0n) is 10.2. The number of esters is 1. The first-order valence-electron chi connectivity index (χ1n) is 5.62. The minimum absolute atomic E-state index is 0.185. The Hall–Kier alpha value is -2.08. The van der Waals surface area contributed by atoms with Crippen molar-refractivity contribution < 1.29 is 14.7 Å². The second kappa shape index (κ2) is 7.29. The molecule has 0 fully saturated rings. The lowest BCUT2D eigenvalue weighted by Gasteiger charge is -2.07. The van der Waals surface area contributed by atoms with Gasteiger partial charge in [-0.25, -0.2) is 4.79 Å². The van der Waals surface area contributed by atoms with Gasteiger partial charge in [0.05, 0.1) is 24.4 Å². The molecule has 0 amide bonds. The van der Waals surface area contributed by atoms with Gasteiger partial charge in [0.1, 0.15) is 0 Å². The third-order valence-electron chi connectivity index (χ3n) is 2.27. The number of oxime groups is 1. The number of benzene rings is 1. The third-order valence-corrected chi connectivity index (χ3v) is 2.27. The van der Waals surface area contributed by atoms with Crippen LogP contribution in [-0.2, 0) is 4.74 Å². The second-order valence-electron chi connectivity index (χ2n) is 3.52. The number of hydrogen-bond acceptors (Lipinski definition) is 6. The van der Waals surface area contributed by atoms with E-state index in [1.54, 1.807) is 31.2 Å². The van der Waals surface area contributed by atoms with Gasteiger partial charge in [-0.15, -0.1) is 0 Å². The van der Waals surface area contributed by atoms with Crippen LogP contribution in [0.5, 0.6) is 0 Å². The Kier molecular flexibility index (Phi) is 5.66. The molecule has 0 spiro atoms. The van der Waals surface area contributed by atoms with E-state index in [2.05, 4.69) is 10.5 Å². The van der Waals surface area contributed by atoms with Crippen molar-refractivity contribution >= 4 is 17.4 Å². The molecule has 0 bridgehead atoms. The highest BCUT2D eigenvalue weighted by Crippen LogP contribution is 2.10. The molecule has 0 saturated heterocycles. The van der Waals surface area contributed by atoms with Crippen LogP contribution in [0.4, 0.5) is 5.69 Å². The van der Waals surface area contributed by atoms with Crippen LogP contribution >= 0.6 is 0 Å². The molecule has 1 rings (SSSR count). The highest BCUT2D eigenvalue weighted by atomic mass is 16.5. The van der Waals surface area contributed by atoms with E-state index < -0.39 is 0 Å². The lowest BCUT2D eigenvalue weighted by Crippen LogP contribution is -2.22. The summed E-state index contributed by atoms with van der Waals surface area (Å²) in [5.41, 5.74) is 7.10. The molecule has 18 heavy (non-hydrogen) atoms. The fourth-order valence-electron chi connectivity index (χ4n) is 1.29. The van der Waals surface area contributed by atoms with Crippen LogP contribution in [0, 0.1) is 0 Å². The summed E-state index contributed by atoms with van der Waals surface area (Å²) in [4.78, 5) is 11.4. The van der Waals surface area contributed by atoms with Gasteiger partial charge in [0, 0.05) is 12.2 Å². The molecule has 0 aromatic heterocycles. The molecule has 98 valence electrons. The van der Waals surface area contributed by atoms with Gasteiger partial charge in [-0.2, -0.15) is 0 Å². The number of nitrogens with two attached hydrogens (primary N) is 1. The largest absolute Gasteiger partial charge is 0.462 e. The van der Waals surface area contributed by atoms with Crippen molar-refractivity contribution in [3.05, 3.63) is 29.8 Å². The zero-order chi connectivity index (χ0) is 13.4. The molecular formula is C12H17N3O3. The molecular weight excluding hydrogens is 234 g/mol. The first-order chi connectivity index (χ1) is 8.71. The van der Waals surface area contributed by atoms with Crippen molar-refractivity contribution in [3.8, 4) is 0 Å². The summed E-state index contributed by atoms with van der Waals surface area (Å²) in [5, 5.41) is 14.7. The fraction of sp³-hybridized carbons (Fsp3) is 0.333. The normalized spacial score (nSPS) is 11.1. The molecule has 0 radical (unpaired) electrons. The number of ether oxygens (including phenoxy) is 1. The summed E-state index contributed by atoms with van der Waals surface area (Å²) in [7, 11) is 0. The molecule has 0 unspecified atom stereocenters. The molecule has 6 heteroatoms. The van der Waals surface area contributed by atoms with Crippen molar-refractivity contribution in [1.82, 2.24) is 0 Å². The van der Waals surface area contributed by atoms with Crippen LogP contribution in [0.1, 0.15) is 17.3 Å². The molecule has 1 aromatic carbocycles. The van der Waals surface area contributed by atoms with Crippen LogP contribution in [0.15, 0.2) is 29.4 Å². The molecule has 1 aromatic rings. The van der Waals surface area contributed by atoms with E-state index in [4.69, 9.17) is 15.7 Å². The van der Waals surface area contributed by atoms with Crippen molar-refractivity contribution in [2.45, 2.75) is 6.92 Å². The molecule has 6 nitrogen and oxygen atoms in total. The highest BCUT2D eigenvalue weighted by Gasteiger charge is 2.05. The Morgan fingerprint density at radius 3 is 2.61 bits per heavy atom. The predicted molar refractivity (Wildman–Crippen MR) is 69.2 cm³/mol. The number of carbonyl (C=O) groups excluding carboxylic acids is 1. The van der Waals surface area contributed by atoms with Crippen LogP contribution in [0.3, 0.4) is 0 Å². The van der Waals surface area contributed by atoms with Gasteiger partial charge >= 0.3 is 5.97 Å². The van der Waals surface area contributed by atoms with Gasteiger partial charge in [-0.1, -0.05) is 5.16 Å². The van der Waals surface area contributed by atoms with Gasteiger partial charge in [-0.3, -0.25) is 0 Å². The summed E-state index contributed by atoms with van der Waals surface area (Å²) in [6.07, 6.45) is 0. The summed E-state index contributed by atoms with van der Waals surface area (Å²) in [5.74, 6) is -0.344. The first-order valence-corrected chi connectivity index (χ1v) is 5.62. The van der Waals surface area contributed by atoms with E-state index in [0.29, 0.717) is 24.4 Å². The van der Waals surface area contributed by atoms with Crippen LogP contribution in [0.25, 0.3) is 0 Å². The molecule has 0 aliphatic carbocycles. The second-order valence-corrected chi connectivity index (χ2v) is 3.52. The molecule has 4 N–H and O–H groups in total. The zero-order valence-corrected chi connectivity index (χ0v) is 10.2. The Labute approximate surface area is 105 Å². The quantitative estimate of drug-likeness (QED) is 0.304. The Bertz CT molecular complexity index is 415. The van der Waals surface area contributed by atoms with Crippen molar-refractivity contribution in [2.75, 3.05) is 25.0 Å². The van der Waals surface area contributed by atoms with E-state index >= 15 is 0 Å². The van der Waals surface area contributed by atoms with Crippen LogP contribution < -0.4 is 11.1 Å². The topological polar surface area (TPSA) is 96.9 Å². The molecule has 0 aliphatic rings. The number of hydrogen-bond donors (Lipinski definition) is 3. The minimum Gasteiger partial charge on any atom is -0.462 e. The van der Waals surface area contributed by atoms with Gasteiger partial charge < -0.3 is 21.0 Å². The SMILES string of the molecule is CCOC(=O)c1ccc(NC/C(CN)=N/O)cc1. The van der Waals surface area contributed by atoms with Crippen molar-refractivity contribution in [3.63, 3.8) is 0 Å². The maximum atomic E-state index is 11.4. The maximum Gasteiger partial charge on any atom is 0.338 e. The lowest BCUT2D eigenvalue weighted by molar-refractivity contribution is 0.0526. The van der Waals surface area contributed by atoms with Crippen LogP contribution in [-0.4, -0.2) is 36.6 Å². The summed E-state index contributed by atoms with van der Waals surface area (Å²) >= 11 is 0. The fourth-order valence-corrected chi connectivity index (χ4v) is 1.29. The average Bonchev–Trinajstić information content (AvgIpc) is 2.41. The Morgan fingerprint density at radius 1 is 1.44 bits per heavy atom. The lowest BCUT2D eigenvalue weighted by atomic mass is 10.2. The van der Waals surface area contributed by atoms with E-state index in [0.717, 1.165) is 5.69 Å². The maximum absolute atomic E-state index is 11.4. The molecule has 0 atom stereocenters. The van der Waals surface area contributed by atoms with Gasteiger partial charge in [0.15, 0.2) is 0 Å². The van der Waals surface area contributed by atoms with Gasteiger partial charge in [0.2, 0.25) is 0 Å². The van der Waals surface area contributed by atoms with Crippen LogP contribution in [0.2, 0.25) is 0 Å². The van der Waals surface area contributed by atoms with E-state index in [1.807, 2.05) is 0 Å². The number of nitrogens with zero attached hydrogens (tertiary/aromatic N) is 1. The average molecular weight is 251 g/mol. The number of rotatable bonds is 6. The third kappa shape index (κ3) is 4.06. The summed E-state index contributed by atoms with van der Waals surface area (Å²) in [6.45, 7) is 2.65. The van der Waals surface area contributed by atoms with E-state index in [-0.39, 0.29) is 12.5 Å². The van der Waals surface area contributed by atoms with E-state index in [1.165, 1.54) is 0 Å². The Morgan fingerprint density at radius 2 is 2.11 bits per heavy atom. The number of nitrogens with one attached hydrogen (secondary N) is 1. The number of carbonyl (C=O) groups is 1. The summed E-state index contributed by atoms with van der Waals surface area (Å²) < 4.78 is 4.87. The van der Waals surface area contributed by atoms with Crippen molar-refractivity contribution in [2.24, 2.45) is 10.9 Å². The van der Waals surface area contributed by atoms with Gasteiger partial charge in [-0.05, 0) is 31.2 Å². The van der Waals surface area contributed by atoms with Gasteiger partial charge in [0.25, 0.3) is 0 Å². The highest BCUT2D eigenvalue weighted by molar-refractivity contribution is 5.91. The summed E-state index contributed by atoms with van der Waals surface area (Å²) in [6, 6.07) is 6.83. The van der Waals surface area contributed by atoms with Crippen molar-refractivity contribution in [1.29, 1.82) is 0 Å². The standard InChI is InChI=1S/C12H17N3O3/c1-2-18-12(16)9-3-5-10(6-4-9)14-8-11(7-13)15-17/h3-6,14,17H,2,7-8,13H2,1H3/b15-11+. The minimum atomic E-state index is -0.344. The Balaban J connectivity index is 2.58. The first kappa shape index (κ1) is 14.0. The smallest absolute Gasteiger partial charge is 0.338 e. The predicted octanol–water partition coefficient (Wildman–Crippen LogP) is 1.06. The molecule has 0 heterocycles. The molecule has 0 aliphatic heterocycles. The molecule has 0 saturated carbocycles. The number of anilines is 1. The van der Waals surface area contributed by atoms with E-state index in [9.17, 15) is 4.79 Å².